The van der Waals surface area contributed by atoms with E-state index in [4.69, 9.17) is 15.7 Å². The highest BCUT2D eigenvalue weighted by atomic mass is 16.2. The van der Waals surface area contributed by atoms with Gasteiger partial charge in [-0.25, -0.2) is 0 Å². The number of para-hydroxylation sites is 1. The van der Waals surface area contributed by atoms with Crippen LogP contribution in [0.3, 0.4) is 0 Å². The molecule has 1 amide bonds. The van der Waals surface area contributed by atoms with Crippen LogP contribution in [0.5, 0.6) is 0 Å². The third-order valence-corrected chi connectivity index (χ3v) is 6.79. The van der Waals surface area contributed by atoms with Crippen molar-refractivity contribution in [3.8, 4) is 0 Å². The number of carbonyl (C=O) groups is 1. The molecular weight excluding hydrogens is 416 g/mol. The number of nitrogens with zero attached hydrogens (tertiary/aromatic N) is 6. The summed E-state index contributed by atoms with van der Waals surface area (Å²) >= 11 is 0. The summed E-state index contributed by atoms with van der Waals surface area (Å²) in [4.78, 5) is 26.1. The van der Waals surface area contributed by atoms with Crippen LogP contribution < -0.4 is 20.9 Å². The molecule has 1 saturated heterocycles. The summed E-state index contributed by atoms with van der Waals surface area (Å²) in [6.07, 6.45) is 5.09. The first-order valence-corrected chi connectivity index (χ1v) is 11.8. The number of anilines is 3. The van der Waals surface area contributed by atoms with Gasteiger partial charge in [0, 0.05) is 44.7 Å². The summed E-state index contributed by atoms with van der Waals surface area (Å²) in [6.45, 7) is 6.53. The van der Waals surface area contributed by atoms with Crippen LogP contribution >= 0.6 is 0 Å². The fraction of sp³-hybridized carbons (Fsp3) is 0.500. The average Bonchev–Trinajstić information content (AvgIpc) is 3.25. The number of hydrogen-bond acceptors (Lipinski definition) is 7. The van der Waals surface area contributed by atoms with Crippen molar-refractivity contribution in [1.82, 2.24) is 19.6 Å². The number of fused-ring (bicyclic) bond motifs is 2. The fourth-order valence-electron chi connectivity index (χ4n) is 4.77. The molecule has 0 aliphatic carbocycles. The highest BCUT2D eigenvalue weighted by Crippen LogP contribution is 2.31. The van der Waals surface area contributed by atoms with Crippen LogP contribution in [0.25, 0.3) is 5.65 Å². The number of aryl methyl sites for hydroxylation is 1. The van der Waals surface area contributed by atoms with Crippen molar-refractivity contribution in [3.05, 3.63) is 41.1 Å². The summed E-state index contributed by atoms with van der Waals surface area (Å²) in [6, 6.07) is 6.47. The van der Waals surface area contributed by atoms with Gasteiger partial charge in [0.05, 0.1) is 11.9 Å². The first-order chi connectivity index (χ1) is 15.9. The zero-order valence-electron chi connectivity index (χ0n) is 19.6. The van der Waals surface area contributed by atoms with Gasteiger partial charge in [0.25, 0.3) is 0 Å². The molecule has 0 spiro atoms. The molecule has 1 fully saturated rings. The summed E-state index contributed by atoms with van der Waals surface area (Å²) in [5.74, 6) is 1.81. The van der Waals surface area contributed by atoms with Gasteiger partial charge in [-0.05, 0) is 36.3 Å². The molecule has 3 aromatic rings. The van der Waals surface area contributed by atoms with Crippen LogP contribution in [0.1, 0.15) is 55.7 Å². The molecule has 0 radical (unpaired) electrons. The Labute approximate surface area is 194 Å². The number of piperidine rings is 1. The summed E-state index contributed by atoms with van der Waals surface area (Å²) in [7, 11) is 1.86. The summed E-state index contributed by atoms with van der Waals surface area (Å²) < 4.78 is 1.79. The van der Waals surface area contributed by atoms with Crippen LogP contribution in [-0.2, 0) is 17.8 Å². The van der Waals surface area contributed by atoms with Gasteiger partial charge in [-0.15, -0.1) is 0 Å². The Bertz CT molecular complexity index is 1180. The van der Waals surface area contributed by atoms with Crippen LogP contribution in [0.2, 0.25) is 0 Å². The average molecular weight is 449 g/mol. The number of nitrogens with two attached hydrogens (primary N) is 1. The first kappa shape index (κ1) is 21.6. The lowest BCUT2D eigenvalue weighted by molar-refractivity contribution is -0.118. The lowest BCUT2D eigenvalue weighted by Gasteiger charge is -2.30. The number of hydrogen-bond donors (Lipinski definition) is 2. The maximum Gasteiger partial charge on any atom is 0.230 e. The van der Waals surface area contributed by atoms with Gasteiger partial charge in [0.15, 0.2) is 5.65 Å². The third-order valence-electron chi connectivity index (χ3n) is 6.79. The third kappa shape index (κ3) is 4.01. The van der Waals surface area contributed by atoms with Gasteiger partial charge in [0.1, 0.15) is 0 Å². The summed E-state index contributed by atoms with van der Waals surface area (Å²) in [5, 5.41) is 8.08. The zero-order chi connectivity index (χ0) is 23.1. The molecule has 9 nitrogen and oxygen atoms in total. The zero-order valence-corrected chi connectivity index (χ0v) is 19.6. The second kappa shape index (κ2) is 8.62. The number of carbonyl (C=O) groups excluding carboxylic acids is 1. The molecule has 5 rings (SSSR count). The highest BCUT2D eigenvalue weighted by Gasteiger charge is 2.25. The van der Waals surface area contributed by atoms with Gasteiger partial charge in [-0.1, -0.05) is 32.0 Å². The van der Waals surface area contributed by atoms with Gasteiger partial charge in [-0.2, -0.15) is 19.6 Å². The smallest absolute Gasteiger partial charge is 0.230 e. The van der Waals surface area contributed by atoms with Crippen molar-refractivity contribution in [2.45, 2.75) is 58.0 Å². The fourth-order valence-corrected chi connectivity index (χ4v) is 4.77. The molecule has 2 aliphatic rings. The number of benzene rings is 1. The maximum absolute atomic E-state index is 12.3. The Morgan fingerprint density at radius 1 is 1.18 bits per heavy atom. The van der Waals surface area contributed by atoms with E-state index in [1.807, 2.05) is 13.2 Å². The Morgan fingerprint density at radius 2 is 1.97 bits per heavy atom. The van der Waals surface area contributed by atoms with E-state index in [0.717, 1.165) is 54.8 Å². The standard InChI is InChI=1S/C24H32N8O/c1-15(2)19-14-27-32-22(19)28-24(31-11-9-18(25)10-12-31)29-23(32)26-13-17-6-4-5-16-7-8-20(33)30(3)21(16)17/h4-6,14-15,18H,7-13,25H2,1-3H3,(H,26,28,29). The molecule has 9 heteroatoms. The summed E-state index contributed by atoms with van der Waals surface area (Å²) in [5.41, 5.74) is 11.3. The van der Waals surface area contributed by atoms with E-state index >= 15 is 0 Å². The SMILES string of the molecule is CC(C)c1cnn2c(NCc3cccc4c3N(C)C(=O)CC4)nc(N3CCC(N)CC3)nc12. The number of aromatic nitrogens is 4. The number of amides is 1. The molecule has 0 saturated carbocycles. The Balaban J connectivity index is 1.50. The number of rotatable bonds is 5. The van der Waals surface area contributed by atoms with E-state index in [1.54, 1.807) is 9.42 Å². The Kier molecular flexibility index (Phi) is 5.65. The van der Waals surface area contributed by atoms with Crippen LogP contribution in [0.4, 0.5) is 17.6 Å². The maximum atomic E-state index is 12.3. The van der Waals surface area contributed by atoms with Crippen molar-refractivity contribution in [2.75, 3.05) is 35.3 Å². The van der Waals surface area contributed by atoms with E-state index in [1.165, 1.54) is 5.56 Å². The normalized spacial score (nSPS) is 17.2. The number of nitrogens with one attached hydrogen (secondary N) is 1. The van der Waals surface area contributed by atoms with E-state index in [2.05, 4.69) is 47.4 Å². The van der Waals surface area contributed by atoms with E-state index in [0.29, 0.717) is 30.8 Å². The monoisotopic (exact) mass is 448 g/mol. The molecule has 3 N–H and O–H groups in total. The molecule has 2 aliphatic heterocycles. The molecule has 174 valence electrons. The minimum absolute atomic E-state index is 0.152. The molecule has 33 heavy (non-hydrogen) atoms. The second-order valence-corrected chi connectivity index (χ2v) is 9.39. The molecule has 1 aromatic carbocycles. The molecule has 0 bridgehead atoms. The minimum Gasteiger partial charge on any atom is -0.350 e. The van der Waals surface area contributed by atoms with Crippen LogP contribution in [0, 0.1) is 0 Å². The van der Waals surface area contributed by atoms with Crippen molar-refractivity contribution in [1.29, 1.82) is 0 Å². The Hall–Kier alpha value is -3.20. The largest absolute Gasteiger partial charge is 0.350 e. The van der Waals surface area contributed by atoms with Gasteiger partial charge in [0.2, 0.25) is 17.8 Å². The molecule has 2 aromatic heterocycles. The van der Waals surface area contributed by atoms with E-state index < -0.39 is 0 Å². The van der Waals surface area contributed by atoms with Crippen molar-refractivity contribution >= 4 is 29.1 Å². The highest BCUT2D eigenvalue weighted by molar-refractivity contribution is 5.96. The topological polar surface area (TPSA) is 105 Å². The predicted molar refractivity (Wildman–Crippen MR) is 130 cm³/mol. The van der Waals surface area contributed by atoms with E-state index in [-0.39, 0.29) is 11.9 Å². The quantitative estimate of drug-likeness (QED) is 0.618. The van der Waals surface area contributed by atoms with E-state index in [9.17, 15) is 4.79 Å². The minimum atomic E-state index is 0.152. The Morgan fingerprint density at radius 3 is 2.73 bits per heavy atom. The lowest BCUT2D eigenvalue weighted by atomic mass is 9.97. The van der Waals surface area contributed by atoms with Crippen LogP contribution in [-0.4, -0.2) is 51.7 Å². The van der Waals surface area contributed by atoms with Crippen molar-refractivity contribution < 1.29 is 4.79 Å². The molecule has 4 heterocycles. The first-order valence-electron chi connectivity index (χ1n) is 11.8. The molecule has 0 unspecified atom stereocenters. The predicted octanol–water partition coefficient (Wildman–Crippen LogP) is 2.70. The van der Waals surface area contributed by atoms with Gasteiger partial charge < -0.3 is 20.9 Å². The van der Waals surface area contributed by atoms with Gasteiger partial charge >= 0.3 is 0 Å². The molecule has 0 atom stereocenters. The van der Waals surface area contributed by atoms with Crippen LogP contribution in [0.15, 0.2) is 24.4 Å². The van der Waals surface area contributed by atoms with Crippen molar-refractivity contribution in [3.63, 3.8) is 0 Å². The van der Waals surface area contributed by atoms with Crippen molar-refractivity contribution in [2.24, 2.45) is 5.73 Å². The lowest BCUT2D eigenvalue weighted by Crippen LogP contribution is -2.40. The van der Waals surface area contributed by atoms with Gasteiger partial charge in [-0.3, -0.25) is 4.79 Å². The second-order valence-electron chi connectivity index (χ2n) is 9.39. The molecular formula is C24H32N8O.